The van der Waals surface area contributed by atoms with E-state index in [1.165, 1.54) is 0 Å². The van der Waals surface area contributed by atoms with Crippen LogP contribution < -0.4 is 20.1 Å². The number of allylic oxidation sites excluding steroid dienone is 1. The van der Waals surface area contributed by atoms with Crippen molar-refractivity contribution in [3.63, 3.8) is 0 Å². The number of amides is 3. The number of nitrogens with one attached hydrogen (secondary N) is 2. The van der Waals surface area contributed by atoms with Crippen molar-refractivity contribution in [1.82, 2.24) is 30.3 Å². The van der Waals surface area contributed by atoms with Crippen molar-refractivity contribution in [2.24, 2.45) is 5.92 Å². The summed E-state index contributed by atoms with van der Waals surface area (Å²) in [4.78, 5) is 46.8. The highest BCUT2D eigenvalue weighted by Crippen LogP contribution is 2.46. The number of rotatable bonds is 10. The van der Waals surface area contributed by atoms with Gasteiger partial charge in [0.2, 0.25) is 5.91 Å². The second kappa shape index (κ2) is 15.7. The Labute approximate surface area is 298 Å². The number of carbonyl (C=O) groups excluding carboxylic acids is 3. The minimum Gasteiger partial charge on any atom is -0.496 e. The first-order chi connectivity index (χ1) is 24.7. The standard InChI is InChI=1S/C39H46N6O6/c1-5-50-37(47)39-22-29(39)15-11-6-7-12-19-44(3)38(48)42-31(36(46)43-39)18-20-51-34-21-32(41-35-26(2)33(49-4)17-16-30(34)35)28-23-40-45(25-28)24-27-13-9-8-10-14-27/h8-11,13-17,21,23,25,29,31H,5-7,12,18-20,22,24H2,1-4H3,(H,42,48)(H,43,46)/t29-,31+,39-/m1/s1. The maximum absolute atomic E-state index is 13.9. The minimum absolute atomic E-state index is 0.0920. The minimum atomic E-state index is -1.15. The summed E-state index contributed by atoms with van der Waals surface area (Å²) in [6.45, 7) is 5.15. The van der Waals surface area contributed by atoms with Crippen molar-refractivity contribution in [2.75, 3.05) is 33.9 Å². The van der Waals surface area contributed by atoms with E-state index in [2.05, 4.69) is 27.9 Å². The highest BCUT2D eigenvalue weighted by molar-refractivity contribution is 5.95. The van der Waals surface area contributed by atoms with Crippen molar-refractivity contribution >= 4 is 28.8 Å². The Hall–Kier alpha value is -5.39. The Morgan fingerprint density at radius 1 is 1.10 bits per heavy atom. The number of aryl methyl sites for hydroxylation is 1. The number of fused-ring (bicyclic) bond motifs is 2. The van der Waals surface area contributed by atoms with Gasteiger partial charge in [-0.3, -0.25) is 9.48 Å². The number of hydrogen-bond acceptors (Lipinski definition) is 8. The van der Waals surface area contributed by atoms with E-state index in [0.29, 0.717) is 42.2 Å². The van der Waals surface area contributed by atoms with Crippen molar-refractivity contribution in [3.8, 4) is 22.8 Å². The number of carbonyl (C=O) groups is 3. The van der Waals surface area contributed by atoms with Crippen LogP contribution in [-0.2, 0) is 20.9 Å². The summed E-state index contributed by atoms with van der Waals surface area (Å²) in [5, 5.41) is 11.2. The van der Waals surface area contributed by atoms with Crippen molar-refractivity contribution in [1.29, 1.82) is 0 Å². The molecule has 0 radical (unpaired) electrons. The van der Waals surface area contributed by atoms with Crippen LogP contribution >= 0.6 is 0 Å². The van der Waals surface area contributed by atoms with Gasteiger partial charge in [-0.05, 0) is 57.2 Å². The zero-order valence-electron chi connectivity index (χ0n) is 29.7. The molecule has 2 aromatic heterocycles. The number of methoxy groups -OCH3 is 1. The summed E-state index contributed by atoms with van der Waals surface area (Å²) in [5.41, 5.74) is 3.04. The zero-order valence-corrected chi connectivity index (χ0v) is 29.7. The van der Waals surface area contributed by atoms with Gasteiger partial charge in [0, 0.05) is 54.7 Å². The van der Waals surface area contributed by atoms with Gasteiger partial charge in [0.05, 0.1) is 44.3 Å². The summed E-state index contributed by atoms with van der Waals surface area (Å²) in [6, 6.07) is 14.4. The van der Waals surface area contributed by atoms with Crippen molar-refractivity contribution in [2.45, 2.75) is 64.1 Å². The van der Waals surface area contributed by atoms with E-state index >= 15 is 0 Å². The third-order valence-corrected chi connectivity index (χ3v) is 9.59. The number of aromatic nitrogens is 3. The molecule has 12 heteroatoms. The van der Waals surface area contributed by atoms with Crippen LogP contribution in [0.25, 0.3) is 22.2 Å². The lowest BCUT2D eigenvalue weighted by Gasteiger charge is -2.26. The fourth-order valence-corrected chi connectivity index (χ4v) is 6.52. The van der Waals surface area contributed by atoms with E-state index in [-0.39, 0.29) is 31.6 Å². The number of nitrogens with zero attached hydrogens (tertiary/aromatic N) is 4. The van der Waals surface area contributed by atoms with Crippen LogP contribution in [0.4, 0.5) is 4.79 Å². The van der Waals surface area contributed by atoms with Crippen molar-refractivity contribution < 1.29 is 28.6 Å². The lowest BCUT2D eigenvalue weighted by atomic mass is 10.1. The third-order valence-electron chi connectivity index (χ3n) is 9.59. The highest BCUT2D eigenvalue weighted by Gasteiger charge is 2.61. The van der Waals surface area contributed by atoms with E-state index < -0.39 is 23.5 Å². The molecule has 0 bridgehead atoms. The molecule has 3 heterocycles. The van der Waals surface area contributed by atoms with E-state index in [0.717, 1.165) is 41.3 Å². The molecule has 3 atom stereocenters. The molecule has 2 aromatic carbocycles. The fourth-order valence-electron chi connectivity index (χ4n) is 6.52. The molecule has 3 amide bonds. The van der Waals surface area contributed by atoms with E-state index in [1.807, 2.05) is 66.4 Å². The normalized spacial score (nSPS) is 20.9. The average molecular weight is 695 g/mol. The molecule has 0 saturated heterocycles. The first kappa shape index (κ1) is 35.4. The second-order valence-electron chi connectivity index (χ2n) is 13.2. The second-order valence-corrected chi connectivity index (χ2v) is 13.2. The number of pyridine rings is 1. The molecule has 1 saturated carbocycles. The van der Waals surface area contributed by atoms with E-state index in [4.69, 9.17) is 19.2 Å². The van der Waals surface area contributed by atoms with Gasteiger partial charge in [0.1, 0.15) is 23.1 Å². The van der Waals surface area contributed by atoms with E-state index in [1.54, 1.807) is 32.2 Å². The van der Waals surface area contributed by atoms with Crippen molar-refractivity contribution in [3.05, 3.63) is 84.2 Å². The number of ether oxygens (including phenoxy) is 3. The molecular weight excluding hydrogens is 648 g/mol. The van der Waals surface area contributed by atoms with Gasteiger partial charge in [-0.2, -0.15) is 5.10 Å². The monoisotopic (exact) mass is 694 g/mol. The third kappa shape index (κ3) is 8.00. The topological polar surface area (TPSA) is 137 Å². The van der Waals surface area contributed by atoms with Gasteiger partial charge in [-0.25, -0.2) is 14.6 Å². The molecule has 4 aromatic rings. The molecule has 1 aliphatic carbocycles. The molecule has 2 aliphatic rings. The van der Waals surface area contributed by atoms with Crippen LogP contribution in [0.2, 0.25) is 0 Å². The van der Waals surface area contributed by atoms with Crippen LogP contribution in [0.15, 0.2) is 73.1 Å². The Kier molecular flexibility index (Phi) is 10.9. The number of esters is 1. The maximum atomic E-state index is 13.9. The quantitative estimate of drug-likeness (QED) is 0.166. The molecule has 1 fully saturated rings. The molecular formula is C39H46N6O6. The molecule has 2 N–H and O–H groups in total. The summed E-state index contributed by atoms with van der Waals surface area (Å²) in [6.07, 6.45) is 10.9. The predicted molar refractivity (Wildman–Crippen MR) is 193 cm³/mol. The van der Waals surface area contributed by atoms with Crippen LogP contribution in [0.3, 0.4) is 0 Å². The molecule has 51 heavy (non-hydrogen) atoms. The van der Waals surface area contributed by atoms with Gasteiger partial charge in [0.25, 0.3) is 0 Å². The summed E-state index contributed by atoms with van der Waals surface area (Å²) >= 11 is 0. The smallest absolute Gasteiger partial charge is 0.332 e. The fraction of sp³-hybridized carbons (Fsp3) is 0.410. The van der Waals surface area contributed by atoms with Gasteiger partial charge in [-0.15, -0.1) is 0 Å². The number of benzene rings is 2. The van der Waals surface area contributed by atoms with Crippen LogP contribution in [0.5, 0.6) is 11.5 Å². The first-order valence-electron chi connectivity index (χ1n) is 17.6. The largest absolute Gasteiger partial charge is 0.496 e. The molecule has 1 aliphatic heterocycles. The van der Waals surface area contributed by atoms with Crippen LogP contribution in [0.1, 0.15) is 50.2 Å². The Morgan fingerprint density at radius 2 is 1.92 bits per heavy atom. The average Bonchev–Trinajstić information content (AvgIpc) is 3.63. The zero-order chi connectivity index (χ0) is 36.0. The summed E-state index contributed by atoms with van der Waals surface area (Å²) < 4.78 is 19.3. The first-order valence-corrected chi connectivity index (χ1v) is 17.6. The van der Waals surface area contributed by atoms with Gasteiger partial charge in [0.15, 0.2) is 0 Å². The van der Waals surface area contributed by atoms with Gasteiger partial charge in [-0.1, -0.05) is 42.5 Å². The van der Waals surface area contributed by atoms with Crippen LogP contribution in [-0.4, -0.2) is 83.1 Å². The molecule has 6 rings (SSSR count). The Balaban J connectivity index is 1.26. The van der Waals surface area contributed by atoms with Gasteiger partial charge >= 0.3 is 12.0 Å². The molecule has 268 valence electrons. The number of urea groups is 1. The maximum Gasteiger partial charge on any atom is 0.332 e. The Morgan fingerprint density at radius 3 is 2.71 bits per heavy atom. The lowest BCUT2D eigenvalue weighted by molar-refractivity contribution is -0.149. The highest BCUT2D eigenvalue weighted by atomic mass is 16.5. The van der Waals surface area contributed by atoms with Crippen LogP contribution in [0, 0.1) is 12.8 Å². The van der Waals surface area contributed by atoms with E-state index in [9.17, 15) is 14.4 Å². The molecule has 0 unspecified atom stereocenters. The van der Waals surface area contributed by atoms with Gasteiger partial charge < -0.3 is 29.7 Å². The lowest BCUT2D eigenvalue weighted by Crippen LogP contribution is -2.56. The predicted octanol–water partition coefficient (Wildman–Crippen LogP) is 5.42. The summed E-state index contributed by atoms with van der Waals surface area (Å²) in [5.74, 6) is 0.166. The summed E-state index contributed by atoms with van der Waals surface area (Å²) in [7, 11) is 3.33. The molecule has 0 spiro atoms. The Bertz CT molecular complexity index is 1910. The SMILES string of the molecule is CCOC(=O)[C@@]12C[C@H]1C=CCCCCN(C)C(=O)N[C@@H](CCOc1cc(-c3cnn(Cc4ccccc4)c3)nc3c(C)c(OC)ccc13)C(=O)N2. The molecule has 12 nitrogen and oxygen atoms in total. The number of hydrogen-bond donors (Lipinski definition) is 2.